The maximum atomic E-state index is 5.72. The molecule has 2 aromatic carbocycles. The van der Waals surface area contributed by atoms with Crippen molar-refractivity contribution in [2.45, 2.75) is 6.54 Å². The molecule has 0 spiro atoms. The summed E-state index contributed by atoms with van der Waals surface area (Å²) in [6, 6.07) is 14.6. The molecular weight excluding hydrogens is 212 g/mol. The normalized spacial score (nSPS) is 10.8. The van der Waals surface area contributed by atoms with Crippen molar-refractivity contribution in [3.8, 4) is 0 Å². The zero-order valence-corrected chi connectivity index (χ0v) is 9.24. The highest BCUT2D eigenvalue weighted by Gasteiger charge is 2.03. The van der Waals surface area contributed by atoms with Crippen molar-refractivity contribution in [1.29, 1.82) is 0 Å². The van der Waals surface area contributed by atoms with Crippen LogP contribution in [0.4, 0.5) is 5.95 Å². The minimum absolute atomic E-state index is 0.443. The van der Waals surface area contributed by atoms with Crippen molar-refractivity contribution in [2.75, 3.05) is 5.73 Å². The SMILES string of the molecule is Nc1nncn1Cc1cccc2ccccc12. The molecule has 3 aromatic rings. The van der Waals surface area contributed by atoms with Crippen molar-refractivity contribution in [1.82, 2.24) is 14.8 Å². The number of hydrogen-bond acceptors (Lipinski definition) is 3. The van der Waals surface area contributed by atoms with Crippen molar-refractivity contribution in [3.05, 3.63) is 54.4 Å². The summed E-state index contributed by atoms with van der Waals surface area (Å²) in [5.41, 5.74) is 6.94. The van der Waals surface area contributed by atoms with E-state index >= 15 is 0 Å². The minimum Gasteiger partial charge on any atom is -0.368 e. The fourth-order valence-corrected chi connectivity index (χ4v) is 2.00. The summed E-state index contributed by atoms with van der Waals surface area (Å²) in [6.45, 7) is 0.695. The molecule has 0 radical (unpaired) electrons. The van der Waals surface area contributed by atoms with Gasteiger partial charge in [0.15, 0.2) is 0 Å². The predicted octanol–water partition coefficient (Wildman–Crippen LogP) is 2.06. The summed E-state index contributed by atoms with van der Waals surface area (Å²) < 4.78 is 1.84. The van der Waals surface area contributed by atoms with Crippen molar-refractivity contribution in [2.24, 2.45) is 0 Å². The van der Waals surface area contributed by atoms with E-state index in [1.54, 1.807) is 6.33 Å². The van der Waals surface area contributed by atoms with Gasteiger partial charge in [0.1, 0.15) is 6.33 Å². The number of hydrogen-bond donors (Lipinski definition) is 1. The molecule has 0 amide bonds. The first-order valence-electron chi connectivity index (χ1n) is 5.44. The highest BCUT2D eigenvalue weighted by Crippen LogP contribution is 2.19. The highest BCUT2D eigenvalue weighted by atomic mass is 15.3. The number of benzene rings is 2. The lowest BCUT2D eigenvalue weighted by atomic mass is 10.0. The Morgan fingerprint density at radius 2 is 1.88 bits per heavy atom. The number of nitrogen functional groups attached to an aromatic ring is 1. The van der Waals surface area contributed by atoms with Crippen LogP contribution in [0.3, 0.4) is 0 Å². The Kier molecular flexibility index (Phi) is 2.26. The van der Waals surface area contributed by atoms with E-state index in [9.17, 15) is 0 Å². The molecule has 17 heavy (non-hydrogen) atoms. The maximum Gasteiger partial charge on any atom is 0.222 e. The molecule has 0 aliphatic rings. The molecule has 84 valence electrons. The van der Waals surface area contributed by atoms with E-state index in [4.69, 9.17) is 5.73 Å². The summed E-state index contributed by atoms with van der Waals surface area (Å²) in [5, 5.41) is 10.0. The lowest BCUT2D eigenvalue weighted by molar-refractivity contribution is 0.812. The van der Waals surface area contributed by atoms with Crippen LogP contribution in [0.2, 0.25) is 0 Å². The van der Waals surface area contributed by atoms with Crippen LogP contribution >= 0.6 is 0 Å². The fourth-order valence-electron chi connectivity index (χ4n) is 2.00. The molecular formula is C13H12N4. The summed E-state index contributed by atoms with van der Waals surface area (Å²) >= 11 is 0. The standard InChI is InChI=1S/C13H12N4/c14-13-16-15-9-17(13)8-11-6-3-5-10-4-1-2-7-12(10)11/h1-7,9H,8H2,(H2,14,16). The van der Waals surface area contributed by atoms with Gasteiger partial charge in [0, 0.05) is 0 Å². The van der Waals surface area contributed by atoms with Gasteiger partial charge in [-0.2, -0.15) is 0 Å². The summed E-state index contributed by atoms with van der Waals surface area (Å²) in [4.78, 5) is 0. The van der Waals surface area contributed by atoms with Gasteiger partial charge in [-0.05, 0) is 16.3 Å². The Hall–Kier alpha value is -2.36. The lowest BCUT2D eigenvalue weighted by Gasteiger charge is -2.07. The number of aromatic nitrogens is 3. The zero-order chi connectivity index (χ0) is 11.7. The minimum atomic E-state index is 0.443. The van der Waals surface area contributed by atoms with Gasteiger partial charge in [-0.15, -0.1) is 10.2 Å². The average molecular weight is 224 g/mol. The first-order chi connectivity index (χ1) is 8.34. The number of nitrogens with zero attached hydrogens (tertiary/aromatic N) is 3. The molecule has 1 aromatic heterocycles. The van der Waals surface area contributed by atoms with Crippen molar-refractivity contribution >= 4 is 16.7 Å². The Balaban J connectivity index is 2.09. The van der Waals surface area contributed by atoms with Crippen LogP contribution in [0, 0.1) is 0 Å². The quantitative estimate of drug-likeness (QED) is 0.724. The average Bonchev–Trinajstić information content (AvgIpc) is 2.76. The topological polar surface area (TPSA) is 56.7 Å². The predicted molar refractivity (Wildman–Crippen MR) is 67.5 cm³/mol. The molecule has 0 bridgehead atoms. The monoisotopic (exact) mass is 224 g/mol. The molecule has 3 rings (SSSR count). The van der Waals surface area contributed by atoms with E-state index in [0.717, 1.165) is 0 Å². The van der Waals surface area contributed by atoms with Gasteiger partial charge in [0.05, 0.1) is 6.54 Å². The molecule has 0 saturated carbocycles. The van der Waals surface area contributed by atoms with Crippen LogP contribution in [-0.4, -0.2) is 14.8 Å². The number of anilines is 1. The van der Waals surface area contributed by atoms with Crippen LogP contribution in [0.15, 0.2) is 48.8 Å². The van der Waals surface area contributed by atoms with E-state index in [0.29, 0.717) is 12.5 Å². The van der Waals surface area contributed by atoms with Gasteiger partial charge in [-0.3, -0.25) is 4.57 Å². The van der Waals surface area contributed by atoms with Crippen molar-refractivity contribution in [3.63, 3.8) is 0 Å². The molecule has 4 nitrogen and oxygen atoms in total. The van der Waals surface area contributed by atoms with E-state index in [1.807, 2.05) is 16.7 Å². The first-order valence-corrected chi connectivity index (χ1v) is 5.44. The van der Waals surface area contributed by atoms with E-state index in [2.05, 4.69) is 40.5 Å². The molecule has 2 N–H and O–H groups in total. The van der Waals surface area contributed by atoms with Gasteiger partial charge in [-0.25, -0.2) is 0 Å². The van der Waals surface area contributed by atoms with E-state index in [-0.39, 0.29) is 0 Å². The molecule has 0 aliphatic carbocycles. The number of nitrogens with two attached hydrogens (primary N) is 1. The lowest BCUT2D eigenvalue weighted by Crippen LogP contribution is -2.03. The summed E-state index contributed by atoms with van der Waals surface area (Å²) in [7, 11) is 0. The van der Waals surface area contributed by atoms with Gasteiger partial charge < -0.3 is 5.73 Å². The van der Waals surface area contributed by atoms with E-state index < -0.39 is 0 Å². The molecule has 1 heterocycles. The second kappa shape index (κ2) is 3.90. The molecule has 0 unspecified atom stereocenters. The van der Waals surface area contributed by atoms with E-state index in [1.165, 1.54) is 16.3 Å². The summed E-state index contributed by atoms with van der Waals surface area (Å²) in [5.74, 6) is 0.443. The first kappa shape index (κ1) is 9.84. The van der Waals surface area contributed by atoms with Crippen LogP contribution in [0.5, 0.6) is 0 Å². The van der Waals surface area contributed by atoms with Gasteiger partial charge in [-0.1, -0.05) is 42.5 Å². The maximum absolute atomic E-state index is 5.72. The van der Waals surface area contributed by atoms with Gasteiger partial charge in [0.25, 0.3) is 0 Å². The molecule has 0 atom stereocenters. The molecule has 0 aliphatic heterocycles. The third kappa shape index (κ3) is 1.73. The third-order valence-corrected chi connectivity index (χ3v) is 2.87. The van der Waals surface area contributed by atoms with Crippen molar-refractivity contribution < 1.29 is 0 Å². The van der Waals surface area contributed by atoms with Crippen LogP contribution in [0.1, 0.15) is 5.56 Å². The number of fused-ring (bicyclic) bond motifs is 1. The van der Waals surface area contributed by atoms with Crippen LogP contribution < -0.4 is 5.73 Å². The molecule has 4 heteroatoms. The second-order valence-electron chi connectivity index (χ2n) is 3.96. The Labute approximate surface area is 98.7 Å². The van der Waals surface area contributed by atoms with Crippen LogP contribution in [0.25, 0.3) is 10.8 Å². The Morgan fingerprint density at radius 3 is 2.71 bits per heavy atom. The Morgan fingerprint density at radius 1 is 1.06 bits per heavy atom. The highest BCUT2D eigenvalue weighted by molar-refractivity contribution is 5.85. The second-order valence-corrected chi connectivity index (χ2v) is 3.96. The zero-order valence-electron chi connectivity index (χ0n) is 9.24. The molecule has 0 fully saturated rings. The fraction of sp³-hybridized carbons (Fsp3) is 0.0769. The van der Waals surface area contributed by atoms with Gasteiger partial charge in [0.2, 0.25) is 5.95 Å². The largest absolute Gasteiger partial charge is 0.368 e. The number of rotatable bonds is 2. The third-order valence-electron chi connectivity index (χ3n) is 2.87. The van der Waals surface area contributed by atoms with Gasteiger partial charge >= 0.3 is 0 Å². The van der Waals surface area contributed by atoms with Crippen LogP contribution in [-0.2, 0) is 6.54 Å². The summed E-state index contributed by atoms with van der Waals surface area (Å²) in [6.07, 6.45) is 1.65. The Bertz CT molecular complexity index is 652. The smallest absolute Gasteiger partial charge is 0.222 e. The molecule has 0 saturated heterocycles.